The minimum absolute atomic E-state index is 0.0535. The highest BCUT2D eigenvalue weighted by molar-refractivity contribution is 6.35. The molecule has 0 fully saturated rings. The highest BCUT2D eigenvalue weighted by Crippen LogP contribution is 2.46. The first-order valence-electron chi connectivity index (χ1n) is 7.96. The van der Waals surface area contributed by atoms with E-state index < -0.39 is 0 Å². The first-order valence-corrected chi connectivity index (χ1v) is 8.34. The van der Waals surface area contributed by atoms with Crippen LogP contribution < -0.4 is 14.8 Å². The van der Waals surface area contributed by atoms with Crippen LogP contribution in [0.2, 0.25) is 5.02 Å². The minimum Gasteiger partial charge on any atom is -0.454 e. The number of amides is 1. The van der Waals surface area contributed by atoms with Crippen LogP contribution in [0.4, 0.5) is 5.69 Å². The largest absolute Gasteiger partial charge is 0.454 e. The van der Waals surface area contributed by atoms with Crippen molar-refractivity contribution in [1.82, 2.24) is 9.78 Å². The maximum atomic E-state index is 12.3. The second-order valence-electron chi connectivity index (χ2n) is 6.24. The van der Waals surface area contributed by atoms with Crippen LogP contribution >= 0.6 is 11.6 Å². The summed E-state index contributed by atoms with van der Waals surface area (Å²) < 4.78 is 12.7. The molecule has 1 N–H and O–H groups in total. The summed E-state index contributed by atoms with van der Waals surface area (Å²) in [5.74, 6) is 1.08. The molecule has 2 aliphatic rings. The molecule has 5 rings (SSSR count). The number of aryl methyl sites for hydroxylation is 1. The fourth-order valence-corrected chi connectivity index (χ4v) is 3.91. The lowest BCUT2D eigenvalue weighted by Crippen LogP contribution is -2.24. The summed E-state index contributed by atoms with van der Waals surface area (Å²) in [4.78, 5) is 12.3. The third kappa shape index (κ3) is 2.10. The van der Waals surface area contributed by atoms with Gasteiger partial charge in [0, 0.05) is 36.5 Å². The van der Waals surface area contributed by atoms with Crippen LogP contribution in [0.25, 0.3) is 10.9 Å². The van der Waals surface area contributed by atoms with Crippen LogP contribution in [-0.2, 0) is 11.8 Å². The van der Waals surface area contributed by atoms with Gasteiger partial charge in [-0.3, -0.25) is 9.48 Å². The molecule has 3 heterocycles. The van der Waals surface area contributed by atoms with E-state index in [9.17, 15) is 4.79 Å². The molecule has 0 aliphatic carbocycles. The zero-order valence-electron chi connectivity index (χ0n) is 13.4. The average molecular weight is 356 g/mol. The zero-order valence-corrected chi connectivity index (χ0v) is 14.1. The number of halogens is 1. The lowest BCUT2D eigenvalue weighted by Gasteiger charge is -2.25. The molecule has 1 atom stereocenters. The molecule has 3 aromatic rings. The Hall–Kier alpha value is -2.73. The van der Waals surface area contributed by atoms with Crippen LogP contribution in [0.15, 0.2) is 30.3 Å². The number of hydrogen-bond acceptors (Lipinski definition) is 4. The Balaban J connectivity index is 1.75. The van der Waals surface area contributed by atoms with E-state index in [0.29, 0.717) is 22.9 Å². The van der Waals surface area contributed by atoms with Crippen LogP contribution in [0.3, 0.4) is 0 Å². The van der Waals surface area contributed by atoms with Gasteiger partial charge in [-0.25, -0.2) is 0 Å². The number of ether oxygens (including phenoxy) is 2. The summed E-state index contributed by atoms with van der Waals surface area (Å²) >= 11 is 6.45. The van der Waals surface area contributed by atoms with Gasteiger partial charge in [0.1, 0.15) is 0 Å². The molecule has 6 nitrogen and oxygen atoms in total. The maximum Gasteiger partial charge on any atom is 0.231 e. The van der Waals surface area contributed by atoms with Crippen LogP contribution in [0, 0.1) is 0 Å². The number of nitrogens with one attached hydrogen (secondary N) is 1. The van der Waals surface area contributed by atoms with Crippen molar-refractivity contribution in [3.8, 4) is 11.5 Å². The highest BCUT2D eigenvalue weighted by atomic mass is 35.5. The van der Waals surface area contributed by atoms with Crippen molar-refractivity contribution < 1.29 is 14.3 Å². The van der Waals surface area contributed by atoms with Crippen molar-refractivity contribution in [3.63, 3.8) is 0 Å². The van der Waals surface area contributed by atoms with Gasteiger partial charge >= 0.3 is 0 Å². The second-order valence-corrected chi connectivity index (χ2v) is 6.65. The van der Waals surface area contributed by atoms with Gasteiger partial charge in [-0.2, -0.15) is 5.10 Å². The SMILES string of the molecule is Cn1nc([C@@H]2CC(=O)Nc3cc4c(cc32)OCO4)c2c(Cl)cccc21. The van der Waals surface area contributed by atoms with Crippen LogP contribution in [0.5, 0.6) is 11.5 Å². The quantitative estimate of drug-likeness (QED) is 0.726. The summed E-state index contributed by atoms with van der Waals surface area (Å²) in [6.07, 6.45) is 0.310. The number of aromatic nitrogens is 2. The van der Waals surface area contributed by atoms with Gasteiger partial charge in [-0.15, -0.1) is 0 Å². The van der Waals surface area contributed by atoms with E-state index in [-0.39, 0.29) is 18.6 Å². The summed E-state index contributed by atoms with van der Waals surface area (Å²) in [5.41, 5.74) is 3.44. The van der Waals surface area contributed by atoms with E-state index in [0.717, 1.165) is 27.8 Å². The van der Waals surface area contributed by atoms with Crippen LogP contribution in [0.1, 0.15) is 23.6 Å². The molecule has 7 heteroatoms. The molecule has 0 spiro atoms. The molecule has 1 amide bonds. The molecular formula is C18H14ClN3O3. The number of carbonyl (C=O) groups is 1. The van der Waals surface area contributed by atoms with E-state index in [2.05, 4.69) is 10.4 Å². The summed E-state index contributed by atoms with van der Waals surface area (Å²) in [7, 11) is 1.88. The number of rotatable bonds is 1. The molecule has 0 bridgehead atoms. The van der Waals surface area contributed by atoms with Crippen molar-refractivity contribution in [2.45, 2.75) is 12.3 Å². The van der Waals surface area contributed by atoms with Gasteiger partial charge in [0.15, 0.2) is 11.5 Å². The lowest BCUT2D eigenvalue weighted by molar-refractivity contribution is -0.116. The molecule has 126 valence electrons. The van der Waals surface area contributed by atoms with Gasteiger partial charge in [0.2, 0.25) is 12.7 Å². The Bertz CT molecular complexity index is 1040. The lowest BCUT2D eigenvalue weighted by atomic mass is 9.86. The molecule has 1 aromatic heterocycles. The Morgan fingerprint density at radius 1 is 1.28 bits per heavy atom. The van der Waals surface area contributed by atoms with E-state index in [1.807, 2.05) is 37.4 Å². The van der Waals surface area contributed by atoms with Gasteiger partial charge in [0.25, 0.3) is 0 Å². The van der Waals surface area contributed by atoms with E-state index in [1.165, 1.54) is 0 Å². The van der Waals surface area contributed by atoms with E-state index >= 15 is 0 Å². The molecule has 25 heavy (non-hydrogen) atoms. The average Bonchev–Trinajstić information content (AvgIpc) is 3.17. The standard InChI is InChI=1S/C18H14ClN3O3/c1-22-13-4-2-3-11(19)17(13)18(21-22)10-6-16(23)20-12-7-15-14(5-9(10)12)24-8-25-15/h2-5,7,10H,6,8H2,1H3,(H,20,23)/t10-/m1/s1. The Morgan fingerprint density at radius 2 is 2.08 bits per heavy atom. The summed E-state index contributed by atoms with van der Waals surface area (Å²) in [6, 6.07) is 9.46. The monoisotopic (exact) mass is 355 g/mol. The van der Waals surface area contributed by atoms with E-state index in [4.69, 9.17) is 21.1 Å². The summed E-state index contributed by atoms with van der Waals surface area (Å²) in [5, 5.41) is 9.12. The van der Waals surface area contributed by atoms with Crippen molar-refractivity contribution in [2.75, 3.05) is 12.1 Å². The van der Waals surface area contributed by atoms with Crippen molar-refractivity contribution >= 4 is 34.1 Å². The molecule has 0 saturated carbocycles. The third-order valence-electron chi connectivity index (χ3n) is 4.77. The Kier molecular flexibility index (Phi) is 3.00. The summed E-state index contributed by atoms with van der Waals surface area (Å²) in [6.45, 7) is 0.190. The zero-order chi connectivity index (χ0) is 17.1. The highest BCUT2D eigenvalue weighted by Gasteiger charge is 2.33. The fourth-order valence-electron chi connectivity index (χ4n) is 3.64. The molecule has 0 saturated heterocycles. The third-order valence-corrected chi connectivity index (χ3v) is 5.08. The topological polar surface area (TPSA) is 65.4 Å². The minimum atomic E-state index is -0.193. The molecule has 2 aromatic carbocycles. The van der Waals surface area contributed by atoms with Crippen LogP contribution in [-0.4, -0.2) is 22.5 Å². The maximum absolute atomic E-state index is 12.3. The smallest absolute Gasteiger partial charge is 0.231 e. The van der Waals surface area contributed by atoms with Crippen molar-refractivity contribution in [3.05, 3.63) is 46.6 Å². The van der Waals surface area contributed by atoms with Gasteiger partial charge in [0.05, 0.1) is 16.2 Å². The fraction of sp³-hybridized carbons (Fsp3) is 0.222. The number of nitrogens with zero attached hydrogens (tertiary/aromatic N) is 2. The Labute approximate surface area is 148 Å². The number of carbonyl (C=O) groups excluding carboxylic acids is 1. The number of benzene rings is 2. The number of fused-ring (bicyclic) bond motifs is 3. The first-order chi connectivity index (χ1) is 12.1. The normalized spacial score (nSPS) is 18.3. The molecule has 0 radical (unpaired) electrons. The predicted octanol–water partition coefficient (Wildman–Crippen LogP) is 3.43. The molecule has 0 unspecified atom stereocenters. The number of anilines is 1. The van der Waals surface area contributed by atoms with Gasteiger partial charge in [-0.1, -0.05) is 17.7 Å². The van der Waals surface area contributed by atoms with E-state index in [1.54, 1.807) is 4.68 Å². The number of hydrogen-bond donors (Lipinski definition) is 1. The van der Waals surface area contributed by atoms with Gasteiger partial charge in [-0.05, 0) is 23.8 Å². The van der Waals surface area contributed by atoms with Crippen molar-refractivity contribution in [1.29, 1.82) is 0 Å². The molecule has 2 aliphatic heterocycles. The predicted molar refractivity (Wildman–Crippen MR) is 93.4 cm³/mol. The Morgan fingerprint density at radius 3 is 2.92 bits per heavy atom. The first kappa shape index (κ1) is 14.6. The van der Waals surface area contributed by atoms with Crippen molar-refractivity contribution in [2.24, 2.45) is 7.05 Å². The molecular weight excluding hydrogens is 342 g/mol. The van der Waals surface area contributed by atoms with Gasteiger partial charge < -0.3 is 14.8 Å². The second kappa shape index (κ2) is 5.13.